The summed E-state index contributed by atoms with van der Waals surface area (Å²) in [6.07, 6.45) is 0. The number of hydrogen-bond acceptors (Lipinski definition) is 3. The fourth-order valence-electron chi connectivity index (χ4n) is 2.07. The van der Waals surface area contributed by atoms with Crippen molar-refractivity contribution in [2.24, 2.45) is 0 Å². The van der Waals surface area contributed by atoms with E-state index in [1.165, 1.54) is 10.9 Å². The first-order valence-corrected chi connectivity index (χ1v) is 8.60. The van der Waals surface area contributed by atoms with E-state index in [9.17, 15) is 4.39 Å². The summed E-state index contributed by atoms with van der Waals surface area (Å²) in [4.78, 5) is 5.90. The van der Waals surface area contributed by atoms with E-state index in [1.54, 1.807) is 23.5 Å². The summed E-state index contributed by atoms with van der Waals surface area (Å²) in [5, 5.41) is 4.08. The number of halogens is 2. The molecule has 1 N–H and O–H groups in total. The van der Waals surface area contributed by atoms with Crippen LogP contribution in [0.15, 0.2) is 22.7 Å². The van der Waals surface area contributed by atoms with Crippen LogP contribution in [0.5, 0.6) is 0 Å². The zero-order valence-electron chi connectivity index (χ0n) is 12.8. The highest BCUT2D eigenvalue weighted by Crippen LogP contribution is 2.36. The second-order valence-electron chi connectivity index (χ2n) is 5.95. The number of rotatable bonds is 4. The number of nitrogens with one attached hydrogen (secondary N) is 1. The third kappa shape index (κ3) is 3.90. The summed E-state index contributed by atoms with van der Waals surface area (Å²) < 4.78 is 14.9. The van der Waals surface area contributed by atoms with Crippen LogP contribution in [0.4, 0.5) is 4.39 Å². The van der Waals surface area contributed by atoms with Crippen LogP contribution in [0.1, 0.15) is 38.3 Å². The Morgan fingerprint density at radius 1 is 1.33 bits per heavy atom. The van der Waals surface area contributed by atoms with E-state index in [0.29, 0.717) is 5.56 Å². The average molecular weight is 371 g/mol. The van der Waals surface area contributed by atoms with Crippen molar-refractivity contribution in [3.8, 4) is 10.6 Å². The largest absolute Gasteiger partial charge is 0.312 e. The summed E-state index contributed by atoms with van der Waals surface area (Å²) in [7, 11) is 0. The van der Waals surface area contributed by atoms with E-state index >= 15 is 0 Å². The van der Waals surface area contributed by atoms with Gasteiger partial charge in [0.1, 0.15) is 10.8 Å². The van der Waals surface area contributed by atoms with E-state index in [-0.39, 0.29) is 11.2 Å². The third-order valence-corrected chi connectivity index (χ3v) is 4.68. The van der Waals surface area contributed by atoms with Crippen molar-refractivity contribution in [1.82, 2.24) is 10.3 Å². The van der Waals surface area contributed by atoms with Gasteiger partial charge in [0, 0.05) is 26.9 Å². The van der Waals surface area contributed by atoms with Crippen LogP contribution in [0.2, 0.25) is 0 Å². The smallest absolute Gasteiger partial charge is 0.133 e. The lowest BCUT2D eigenvalue weighted by Crippen LogP contribution is -2.18. The first kappa shape index (κ1) is 16.6. The Labute approximate surface area is 137 Å². The van der Waals surface area contributed by atoms with Gasteiger partial charge in [-0.1, -0.05) is 43.6 Å². The molecule has 0 atom stereocenters. The van der Waals surface area contributed by atoms with Crippen LogP contribution >= 0.6 is 27.3 Å². The highest BCUT2D eigenvalue weighted by molar-refractivity contribution is 9.10. The van der Waals surface area contributed by atoms with Crippen LogP contribution in [-0.2, 0) is 12.0 Å². The van der Waals surface area contributed by atoms with E-state index in [2.05, 4.69) is 48.9 Å². The Balaban J connectivity index is 2.50. The molecule has 21 heavy (non-hydrogen) atoms. The summed E-state index contributed by atoms with van der Waals surface area (Å²) in [5.41, 5.74) is 1.55. The Hall–Kier alpha value is -0.780. The van der Waals surface area contributed by atoms with Gasteiger partial charge in [0.05, 0.1) is 5.69 Å². The monoisotopic (exact) mass is 370 g/mol. The molecule has 114 valence electrons. The van der Waals surface area contributed by atoms with Crippen molar-refractivity contribution in [3.63, 3.8) is 0 Å². The molecule has 2 rings (SSSR count). The van der Waals surface area contributed by atoms with E-state index in [4.69, 9.17) is 4.98 Å². The number of thiazole rings is 1. The van der Waals surface area contributed by atoms with Gasteiger partial charge in [-0.3, -0.25) is 0 Å². The van der Waals surface area contributed by atoms with Crippen molar-refractivity contribution in [2.75, 3.05) is 6.54 Å². The molecule has 5 heteroatoms. The maximum Gasteiger partial charge on any atom is 0.133 e. The fraction of sp³-hybridized carbons (Fsp3) is 0.438. The van der Waals surface area contributed by atoms with Crippen molar-refractivity contribution in [2.45, 2.75) is 39.7 Å². The minimum atomic E-state index is -0.234. The maximum absolute atomic E-state index is 14.1. The van der Waals surface area contributed by atoms with Crippen LogP contribution < -0.4 is 5.32 Å². The molecule has 0 aliphatic carbocycles. The molecular weight excluding hydrogens is 351 g/mol. The normalized spacial score (nSPS) is 11.9. The second-order valence-corrected chi connectivity index (χ2v) is 7.94. The summed E-state index contributed by atoms with van der Waals surface area (Å²) in [5.74, 6) is -0.234. The molecule has 2 aromatic rings. The molecule has 0 bridgehead atoms. The van der Waals surface area contributed by atoms with Gasteiger partial charge >= 0.3 is 0 Å². The van der Waals surface area contributed by atoms with Crippen molar-refractivity contribution >= 4 is 27.3 Å². The molecule has 0 saturated heterocycles. The number of hydrogen-bond donors (Lipinski definition) is 1. The summed E-state index contributed by atoms with van der Waals surface area (Å²) in [6.45, 7) is 10.2. The van der Waals surface area contributed by atoms with Gasteiger partial charge in [0.25, 0.3) is 0 Å². The molecule has 0 aliphatic heterocycles. The minimum absolute atomic E-state index is 0.0536. The van der Waals surface area contributed by atoms with Crippen molar-refractivity contribution in [3.05, 3.63) is 39.1 Å². The molecule has 1 aromatic heterocycles. The fourth-order valence-corrected chi connectivity index (χ4v) is 3.69. The van der Waals surface area contributed by atoms with Crippen LogP contribution in [0.3, 0.4) is 0 Å². The average Bonchev–Trinajstić information content (AvgIpc) is 2.83. The van der Waals surface area contributed by atoms with Gasteiger partial charge in [-0.2, -0.15) is 0 Å². The summed E-state index contributed by atoms with van der Waals surface area (Å²) in [6, 6.07) is 4.97. The summed E-state index contributed by atoms with van der Waals surface area (Å²) >= 11 is 4.97. The van der Waals surface area contributed by atoms with Gasteiger partial charge in [-0.05, 0) is 24.7 Å². The second kappa shape index (κ2) is 6.55. The topological polar surface area (TPSA) is 24.9 Å². The molecule has 0 saturated carbocycles. The van der Waals surface area contributed by atoms with Gasteiger partial charge in [-0.25, -0.2) is 9.37 Å². The third-order valence-electron chi connectivity index (χ3n) is 3.10. The predicted octanol–water partition coefficient (Wildman–Crippen LogP) is 5.12. The minimum Gasteiger partial charge on any atom is -0.312 e. The van der Waals surface area contributed by atoms with E-state index < -0.39 is 0 Å². The first-order valence-electron chi connectivity index (χ1n) is 6.99. The van der Waals surface area contributed by atoms with Crippen LogP contribution in [0, 0.1) is 5.82 Å². The maximum atomic E-state index is 14.1. The van der Waals surface area contributed by atoms with Gasteiger partial charge in [0.15, 0.2) is 0 Å². The van der Waals surface area contributed by atoms with Crippen molar-refractivity contribution in [1.29, 1.82) is 0 Å². The zero-order chi connectivity index (χ0) is 15.6. The lowest BCUT2D eigenvalue weighted by molar-refractivity contribution is 0.561. The molecule has 2 nitrogen and oxygen atoms in total. The molecule has 0 spiro atoms. The molecular formula is C16H20BrFN2S. The Kier molecular flexibility index (Phi) is 5.17. The number of nitrogens with zero attached hydrogens (tertiary/aromatic N) is 1. The molecule has 1 heterocycles. The quantitative estimate of drug-likeness (QED) is 0.807. The van der Waals surface area contributed by atoms with Gasteiger partial charge < -0.3 is 5.32 Å². The van der Waals surface area contributed by atoms with Gasteiger partial charge in [-0.15, -0.1) is 11.3 Å². The highest BCUT2D eigenvalue weighted by Gasteiger charge is 2.24. The predicted molar refractivity (Wildman–Crippen MR) is 91.3 cm³/mol. The Morgan fingerprint density at radius 2 is 2.05 bits per heavy atom. The van der Waals surface area contributed by atoms with Crippen molar-refractivity contribution < 1.29 is 4.39 Å². The van der Waals surface area contributed by atoms with Crippen LogP contribution in [-0.4, -0.2) is 11.5 Å². The molecule has 0 amide bonds. The number of aromatic nitrogens is 1. The number of benzene rings is 1. The zero-order valence-corrected chi connectivity index (χ0v) is 15.2. The highest BCUT2D eigenvalue weighted by atomic mass is 79.9. The Morgan fingerprint density at radius 3 is 2.67 bits per heavy atom. The molecule has 0 aliphatic rings. The lowest BCUT2D eigenvalue weighted by atomic mass is 9.91. The van der Waals surface area contributed by atoms with E-state index in [1.807, 2.05) is 0 Å². The van der Waals surface area contributed by atoms with Crippen LogP contribution in [0.25, 0.3) is 10.6 Å². The first-order chi connectivity index (χ1) is 9.82. The SMILES string of the molecule is CCNCc1sc(-c2cc(Br)ccc2F)nc1C(C)(C)C. The van der Waals surface area contributed by atoms with E-state index in [0.717, 1.165) is 28.3 Å². The molecule has 1 aromatic carbocycles. The standard InChI is InChI=1S/C16H20BrFN2S/c1-5-19-9-13-14(16(2,3)4)20-15(21-13)11-8-10(17)6-7-12(11)18/h6-8,19H,5,9H2,1-4H3. The van der Waals surface area contributed by atoms with Gasteiger partial charge in [0.2, 0.25) is 0 Å². The molecule has 0 fully saturated rings. The molecule has 0 radical (unpaired) electrons. The Bertz CT molecular complexity index is 632. The lowest BCUT2D eigenvalue weighted by Gasteiger charge is -2.17. The molecule has 0 unspecified atom stereocenters.